The fourth-order valence-electron chi connectivity index (χ4n) is 9.65. The Morgan fingerprint density at radius 1 is 0.473 bits per heavy atom. The zero-order valence-corrected chi connectivity index (χ0v) is 60.7. The first-order valence-corrected chi connectivity index (χ1v) is 35.7. The molecule has 6 aromatic carbocycles. The number of rotatable bonds is 35. The number of aryl methyl sites for hydroxylation is 2. The maximum Gasteiger partial charge on any atom is 1.00 e. The molecule has 0 heterocycles. The van der Waals surface area contributed by atoms with Gasteiger partial charge in [0.15, 0.2) is 9.84 Å². The van der Waals surface area contributed by atoms with Gasteiger partial charge in [-0.25, -0.2) is 8.42 Å². The summed E-state index contributed by atoms with van der Waals surface area (Å²) < 4.78 is 48.4. The number of phenols is 2. The Kier molecular flexibility index (Phi) is 46.4. The SMILES string of the molecule is C.CCC(Br)C(=O)Nc1cc(O)c(NC(=O)c2ccccc2)cc1Cl.CCCCCCCCCCCCc1ccc(S(=O)(=O)C(CC)C(=O)Nc2cc(O)c(NC(=O)c3ccccc3)cc2Cl)cc1.CCCCCCCCCCCCc1ccc([S-](=O)=O)cc1.O.O.[Na+]. The molecular weight excluding hydrogens is 1340 g/mol. The smallest absolute Gasteiger partial charge is 0.506 e. The first-order valence-electron chi connectivity index (χ1n) is 31.4. The summed E-state index contributed by atoms with van der Waals surface area (Å²) in [7, 11) is -6.09. The van der Waals surface area contributed by atoms with Crippen LogP contribution in [0.3, 0.4) is 0 Å². The van der Waals surface area contributed by atoms with E-state index in [-0.39, 0.29) is 120 Å². The van der Waals surface area contributed by atoms with Gasteiger partial charge in [0.05, 0.1) is 42.5 Å². The van der Waals surface area contributed by atoms with E-state index in [4.69, 9.17) is 23.2 Å². The molecule has 22 heteroatoms. The summed E-state index contributed by atoms with van der Waals surface area (Å²) in [6.45, 7) is 7.98. The van der Waals surface area contributed by atoms with Crippen LogP contribution >= 0.6 is 39.1 Å². The molecule has 10 N–H and O–H groups in total. The van der Waals surface area contributed by atoms with Crippen LogP contribution in [0.25, 0.3) is 0 Å². The molecule has 0 bridgehead atoms. The number of aromatic hydroxyl groups is 2. The minimum Gasteiger partial charge on any atom is -0.506 e. The van der Waals surface area contributed by atoms with Crippen LogP contribution in [0.2, 0.25) is 10.0 Å². The molecular formula is C71H98BrCl2N4NaO12S2. The number of carbonyl (C=O) groups is 4. The van der Waals surface area contributed by atoms with E-state index < -0.39 is 37.6 Å². The number of nitrogens with one attached hydrogen (secondary N) is 4. The molecule has 6 rings (SSSR count). The second-order valence-corrected chi connectivity index (χ2v) is 27.0. The second-order valence-electron chi connectivity index (χ2n) is 22.0. The number of hydrogen-bond acceptors (Lipinski definition) is 11. The van der Waals surface area contributed by atoms with Gasteiger partial charge in [-0.3, -0.25) is 19.2 Å². The molecule has 16 nitrogen and oxygen atoms in total. The van der Waals surface area contributed by atoms with Gasteiger partial charge >= 0.3 is 29.6 Å². The molecule has 0 fully saturated rings. The Balaban J connectivity index is 0.00000147. The number of hydrogen-bond donors (Lipinski definition) is 6. The molecule has 508 valence electrons. The fourth-order valence-corrected chi connectivity index (χ4v) is 12.2. The van der Waals surface area contributed by atoms with Crippen LogP contribution in [0.5, 0.6) is 11.5 Å². The standard InChI is InChI=1S/C35H45ClN2O5S.C18H29O2S.C17H16BrClN2O3.CH4.Na.2H2O/c1-3-5-6-7-8-9-10-11-12-14-17-26-20-22-28(23-21-26)44(42,43)33(4-2)35(41)37-30-25-32(39)31(24-29(30)36)38-34(40)27-18-15-13-16-19-27;1-2-3-4-5-6-7-8-9-10-11-12-17-13-15-18(16-14-17)21(19)20;1-2-11(18)17(24)20-13-9-15(22)14(8-12(13)19)21-16(23)10-6-4-3-5-7-10;;;;/h13,15-16,18-25,33,39H,3-12,14,17H2,1-2H3,(H,37,41)(H,38,40);13-16H,2-12H2,1H3;3-9,11,22H,2H2,1H3,(H,20,24)(H,21,23);1H4;;2*1H2/q;-1;;;+1;;. The fraction of sp³-hybridized carbons (Fsp3) is 0.437. The van der Waals surface area contributed by atoms with E-state index in [9.17, 15) is 46.2 Å². The number of amides is 4. The van der Waals surface area contributed by atoms with Crippen molar-refractivity contribution in [1.29, 1.82) is 0 Å². The van der Waals surface area contributed by atoms with E-state index in [0.29, 0.717) is 22.4 Å². The number of anilines is 4. The van der Waals surface area contributed by atoms with Crippen LogP contribution < -0.4 is 50.8 Å². The molecule has 0 saturated heterocycles. The Labute approximate surface area is 595 Å². The van der Waals surface area contributed by atoms with Crippen LogP contribution in [0, 0.1) is 0 Å². The second kappa shape index (κ2) is 49.2. The van der Waals surface area contributed by atoms with Crippen molar-refractivity contribution < 1.29 is 86.7 Å². The Hall–Kier alpha value is -5.32. The van der Waals surface area contributed by atoms with Gasteiger partial charge in [0, 0.05) is 23.3 Å². The van der Waals surface area contributed by atoms with Crippen LogP contribution in [-0.4, -0.2) is 63.3 Å². The molecule has 6 aromatic rings. The first kappa shape index (κ1) is 87.7. The van der Waals surface area contributed by atoms with E-state index in [1.807, 2.05) is 31.2 Å². The number of sulfone groups is 1. The van der Waals surface area contributed by atoms with Gasteiger partial charge in [0.25, 0.3) is 11.8 Å². The summed E-state index contributed by atoms with van der Waals surface area (Å²) in [4.78, 5) is 49.7. The summed E-state index contributed by atoms with van der Waals surface area (Å²) in [5.41, 5.74) is 3.68. The summed E-state index contributed by atoms with van der Waals surface area (Å²) >= 11 is 15.7. The number of unbranched alkanes of at least 4 members (excludes halogenated alkanes) is 18. The molecule has 2 atom stereocenters. The monoisotopic (exact) mass is 1430 g/mol. The Morgan fingerprint density at radius 2 is 0.817 bits per heavy atom. The predicted octanol–water partition coefficient (Wildman–Crippen LogP) is 15.2. The maximum absolute atomic E-state index is 13.4. The molecule has 0 aliphatic carbocycles. The largest absolute Gasteiger partial charge is 1.00 e. The molecule has 0 spiro atoms. The zero-order chi connectivity index (χ0) is 65.0. The van der Waals surface area contributed by atoms with E-state index in [0.717, 1.165) is 31.2 Å². The van der Waals surface area contributed by atoms with E-state index in [1.165, 1.54) is 145 Å². The molecule has 0 aliphatic rings. The zero-order valence-electron chi connectivity index (χ0n) is 53.9. The van der Waals surface area contributed by atoms with Crippen LogP contribution in [0.15, 0.2) is 143 Å². The molecule has 0 saturated carbocycles. The van der Waals surface area contributed by atoms with Gasteiger partial charge < -0.3 is 50.9 Å². The summed E-state index contributed by atoms with van der Waals surface area (Å²) in [6.07, 6.45) is 28.7. The minimum atomic E-state index is -3.98. The van der Waals surface area contributed by atoms with Crippen molar-refractivity contribution in [2.45, 2.75) is 209 Å². The molecule has 4 amide bonds. The van der Waals surface area contributed by atoms with Crippen molar-refractivity contribution in [2.24, 2.45) is 0 Å². The van der Waals surface area contributed by atoms with Crippen LogP contribution in [-0.2, 0) is 51.4 Å². The third-order valence-corrected chi connectivity index (χ3v) is 19.5. The van der Waals surface area contributed by atoms with Gasteiger partial charge in [-0.2, -0.15) is 0 Å². The topological polar surface area (TPSA) is 288 Å². The number of benzene rings is 6. The third-order valence-electron chi connectivity index (χ3n) is 14.9. The Morgan fingerprint density at radius 3 is 1.16 bits per heavy atom. The Bertz CT molecular complexity index is 3310. The van der Waals surface area contributed by atoms with Crippen molar-refractivity contribution in [1.82, 2.24) is 0 Å². The van der Waals surface area contributed by atoms with Crippen molar-refractivity contribution in [3.63, 3.8) is 0 Å². The van der Waals surface area contributed by atoms with Crippen molar-refractivity contribution in [3.8, 4) is 11.5 Å². The van der Waals surface area contributed by atoms with Gasteiger partial charge in [-0.15, -0.1) is 0 Å². The summed E-state index contributed by atoms with van der Waals surface area (Å²) in [6, 6.07) is 36.3. The van der Waals surface area contributed by atoms with Crippen molar-refractivity contribution >= 4 is 106 Å². The van der Waals surface area contributed by atoms with Crippen LogP contribution in [0.4, 0.5) is 22.7 Å². The summed E-state index contributed by atoms with van der Waals surface area (Å²) in [5, 5.41) is 29.8. The maximum atomic E-state index is 13.4. The van der Waals surface area contributed by atoms with E-state index in [2.05, 4.69) is 51.0 Å². The van der Waals surface area contributed by atoms with Gasteiger partial charge in [0.2, 0.25) is 11.8 Å². The quantitative estimate of drug-likeness (QED) is 0.00719. The van der Waals surface area contributed by atoms with E-state index >= 15 is 0 Å². The molecule has 0 radical (unpaired) electrons. The molecule has 0 aromatic heterocycles. The summed E-state index contributed by atoms with van der Waals surface area (Å²) in [5.74, 6) is -2.36. The van der Waals surface area contributed by atoms with E-state index in [1.54, 1.807) is 91.9 Å². The van der Waals surface area contributed by atoms with Gasteiger partial charge in [-0.05, 0) is 109 Å². The van der Waals surface area contributed by atoms with Gasteiger partial charge in [0.1, 0.15) is 16.7 Å². The number of phenolic OH excluding ortho intramolecular Hbond substituents is 2. The molecule has 0 aliphatic heterocycles. The average molecular weight is 1440 g/mol. The average Bonchev–Trinajstić information content (AvgIpc) is 0.910. The molecule has 93 heavy (non-hydrogen) atoms. The minimum absolute atomic E-state index is 0. The number of carbonyl (C=O) groups excluding carboxylic acids is 4. The number of halogens is 3. The van der Waals surface area contributed by atoms with Crippen molar-refractivity contribution in [2.75, 3.05) is 21.3 Å². The van der Waals surface area contributed by atoms with Crippen molar-refractivity contribution in [3.05, 3.63) is 166 Å². The van der Waals surface area contributed by atoms with Crippen LogP contribution in [0.1, 0.15) is 208 Å². The molecule has 2 unspecified atom stereocenters. The first-order chi connectivity index (χ1) is 42.8. The number of alkyl halides is 1. The predicted molar refractivity (Wildman–Crippen MR) is 381 cm³/mol. The third kappa shape index (κ3) is 32.3. The normalized spacial score (nSPS) is 11.2. The van der Waals surface area contributed by atoms with Gasteiger partial charge in [-0.1, -0.05) is 268 Å².